The number of rotatable bonds is 1. The molecule has 0 aliphatic carbocycles. The third-order valence-electron chi connectivity index (χ3n) is 3.12. The third kappa shape index (κ3) is 3.00. The van der Waals surface area contributed by atoms with E-state index in [2.05, 4.69) is 5.32 Å². The first-order chi connectivity index (χ1) is 8.09. The van der Waals surface area contributed by atoms with E-state index in [9.17, 15) is 9.18 Å². The predicted molar refractivity (Wildman–Crippen MR) is 71.8 cm³/mol. The number of carbonyl (C=O) groups excluding carboxylic acids is 1. The van der Waals surface area contributed by atoms with Gasteiger partial charge in [0.2, 0.25) is 0 Å². The van der Waals surface area contributed by atoms with Gasteiger partial charge in [-0.05, 0) is 31.5 Å². The van der Waals surface area contributed by atoms with Crippen LogP contribution in [0.4, 0.5) is 4.39 Å². The monoisotopic (exact) mass is 272 g/mol. The Morgan fingerprint density at radius 2 is 2.22 bits per heavy atom. The zero-order chi connectivity index (χ0) is 12.4. The van der Waals surface area contributed by atoms with Crippen LogP contribution in [0.3, 0.4) is 0 Å². The molecule has 1 atom stereocenters. The molecule has 100 valence electrons. The van der Waals surface area contributed by atoms with Crippen LogP contribution < -0.4 is 5.32 Å². The number of nitrogens with one attached hydrogen (secondary N) is 1. The van der Waals surface area contributed by atoms with Crippen molar-refractivity contribution in [2.45, 2.75) is 19.9 Å². The highest BCUT2D eigenvalue weighted by Crippen LogP contribution is 2.15. The van der Waals surface area contributed by atoms with Crippen LogP contribution in [0.15, 0.2) is 18.2 Å². The second-order valence-corrected chi connectivity index (χ2v) is 4.53. The maximum absolute atomic E-state index is 13.7. The molecular weight excluding hydrogens is 255 g/mol. The summed E-state index contributed by atoms with van der Waals surface area (Å²) in [6.45, 7) is 5.94. The fourth-order valence-corrected chi connectivity index (χ4v) is 2.09. The normalized spacial score (nSPS) is 19.3. The van der Waals surface area contributed by atoms with Crippen molar-refractivity contribution in [3.63, 3.8) is 0 Å². The molecule has 5 heteroatoms. The number of hydrogen-bond donors (Lipinski definition) is 1. The van der Waals surface area contributed by atoms with Crippen LogP contribution in [0.2, 0.25) is 0 Å². The van der Waals surface area contributed by atoms with Gasteiger partial charge in [-0.25, -0.2) is 4.39 Å². The van der Waals surface area contributed by atoms with Crippen molar-refractivity contribution in [2.75, 3.05) is 19.6 Å². The highest BCUT2D eigenvalue weighted by atomic mass is 35.5. The molecule has 1 aliphatic heterocycles. The molecule has 2 rings (SSSR count). The maximum atomic E-state index is 13.7. The van der Waals surface area contributed by atoms with Crippen molar-refractivity contribution in [1.82, 2.24) is 10.2 Å². The largest absolute Gasteiger partial charge is 0.333 e. The minimum absolute atomic E-state index is 0. The lowest BCUT2D eigenvalue weighted by Crippen LogP contribution is -2.52. The van der Waals surface area contributed by atoms with Crippen LogP contribution in [-0.2, 0) is 0 Å². The molecule has 1 saturated heterocycles. The Bertz CT molecular complexity index is 439. The smallest absolute Gasteiger partial charge is 0.257 e. The number of hydrogen-bond acceptors (Lipinski definition) is 2. The average molecular weight is 273 g/mol. The number of amides is 1. The summed E-state index contributed by atoms with van der Waals surface area (Å²) in [6.07, 6.45) is 0. The molecule has 0 saturated carbocycles. The van der Waals surface area contributed by atoms with E-state index in [1.165, 1.54) is 6.07 Å². The van der Waals surface area contributed by atoms with Crippen LogP contribution in [0.5, 0.6) is 0 Å². The topological polar surface area (TPSA) is 32.3 Å². The van der Waals surface area contributed by atoms with E-state index in [0.29, 0.717) is 6.54 Å². The molecule has 0 spiro atoms. The lowest BCUT2D eigenvalue weighted by molar-refractivity contribution is 0.0651. The standard InChI is InChI=1S/C13H17FN2O.ClH/c1-9-3-4-11(12(14)7-9)13(17)16-6-5-15-8-10(16)2;/h3-4,7,10,15H,5-6,8H2,1-2H3;1H/t10-;/m0./s1. The van der Waals surface area contributed by atoms with E-state index >= 15 is 0 Å². The van der Waals surface area contributed by atoms with Crippen molar-refractivity contribution in [3.05, 3.63) is 35.1 Å². The third-order valence-corrected chi connectivity index (χ3v) is 3.12. The van der Waals surface area contributed by atoms with Gasteiger partial charge in [0.15, 0.2) is 0 Å². The zero-order valence-electron chi connectivity index (χ0n) is 10.6. The average Bonchev–Trinajstić information content (AvgIpc) is 2.29. The lowest BCUT2D eigenvalue weighted by atomic mass is 10.1. The Kier molecular flexibility index (Phi) is 5.11. The molecule has 1 aromatic rings. The fraction of sp³-hybridized carbons (Fsp3) is 0.462. The number of benzene rings is 1. The number of carbonyl (C=O) groups is 1. The SMILES string of the molecule is Cc1ccc(C(=O)N2CCNC[C@@H]2C)c(F)c1.Cl. The number of halogens is 2. The summed E-state index contributed by atoms with van der Waals surface area (Å²) in [6, 6.07) is 4.85. The van der Waals surface area contributed by atoms with Crippen LogP contribution >= 0.6 is 12.4 Å². The van der Waals surface area contributed by atoms with Crippen LogP contribution in [0.25, 0.3) is 0 Å². The lowest BCUT2D eigenvalue weighted by Gasteiger charge is -2.34. The van der Waals surface area contributed by atoms with Gasteiger partial charge in [0.1, 0.15) is 5.82 Å². The molecule has 0 bridgehead atoms. The molecule has 18 heavy (non-hydrogen) atoms. The van der Waals surface area contributed by atoms with Gasteiger partial charge < -0.3 is 10.2 Å². The van der Waals surface area contributed by atoms with Gasteiger partial charge in [0.05, 0.1) is 5.56 Å². The van der Waals surface area contributed by atoms with E-state index in [0.717, 1.165) is 18.7 Å². The summed E-state index contributed by atoms with van der Waals surface area (Å²) in [5.74, 6) is -0.641. The van der Waals surface area contributed by atoms with Crippen molar-refractivity contribution >= 4 is 18.3 Å². The maximum Gasteiger partial charge on any atom is 0.257 e. The first-order valence-electron chi connectivity index (χ1n) is 5.87. The molecule has 1 heterocycles. The van der Waals surface area contributed by atoms with Crippen molar-refractivity contribution in [2.24, 2.45) is 0 Å². The number of nitrogens with zero attached hydrogens (tertiary/aromatic N) is 1. The molecule has 3 nitrogen and oxygen atoms in total. The minimum atomic E-state index is -0.430. The Morgan fingerprint density at radius 3 is 2.83 bits per heavy atom. The van der Waals surface area contributed by atoms with Gasteiger partial charge >= 0.3 is 0 Å². The predicted octanol–water partition coefficient (Wildman–Crippen LogP) is 1.99. The first-order valence-corrected chi connectivity index (χ1v) is 5.87. The summed E-state index contributed by atoms with van der Waals surface area (Å²) in [5, 5.41) is 3.21. The quantitative estimate of drug-likeness (QED) is 0.848. The Morgan fingerprint density at radius 1 is 1.50 bits per heavy atom. The van der Waals surface area contributed by atoms with Crippen LogP contribution in [0, 0.1) is 12.7 Å². The van der Waals surface area contributed by atoms with E-state index in [1.807, 2.05) is 13.8 Å². The van der Waals surface area contributed by atoms with Gasteiger partial charge in [-0.2, -0.15) is 0 Å². The van der Waals surface area contributed by atoms with Gasteiger partial charge in [-0.1, -0.05) is 6.07 Å². The van der Waals surface area contributed by atoms with Crippen LogP contribution in [0.1, 0.15) is 22.8 Å². The molecule has 0 unspecified atom stereocenters. The van der Waals surface area contributed by atoms with E-state index in [4.69, 9.17) is 0 Å². The second-order valence-electron chi connectivity index (χ2n) is 4.53. The molecule has 1 fully saturated rings. The van der Waals surface area contributed by atoms with Crippen molar-refractivity contribution in [3.8, 4) is 0 Å². The zero-order valence-corrected chi connectivity index (χ0v) is 11.4. The van der Waals surface area contributed by atoms with Crippen molar-refractivity contribution in [1.29, 1.82) is 0 Å². The first kappa shape index (κ1) is 14.9. The molecule has 1 N–H and O–H groups in total. The second kappa shape index (κ2) is 6.16. The number of aryl methyl sites for hydroxylation is 1. The molecule has 0 radical (unpaired) electrons. The van der Waals surface area contributed by atoms with Gasteiger partial charge in [0.25, 0.3) is 5.91 Å². The summed E-state index contributed by atoms with van der Waals surface area (Å²) in [5.41, 5.74) is 0.997. The Balaban J connectivity index is 0.00000162. The summed E-state index contributed by atoms with van der Waals surface area (Å²) < 4.78 is 13.7. The Labute approximate surface area is 113 Å². The summed E-state index contributed by atoms with van der Waals surface area (Å²) in [4.78, 5) is 13.9. The summed E-state index contributed by atoms with van der Waals surface area (Å²) >= 11 is 0. The highest BCUT2D eigenvalue weighted by molar-refractivity contribution is 5.94. The van der Waals surface area contributed by atoms with E-state index in [1.54, 1.807) is 17.0 Å². The van der Waals surface area contributed by atoms with Crippen LogP contribution in [-0.4, -0.2) is 36.5 Å². The van der Waals surface area contributed by atoms with E-state index in [-0.39, 0.29) is 29.9 Å². The van der Waals surface area contributed by atoms with E-state index < -0.39 is 5.82 Å². The molecule has 0 aromatic heterocycles. The minimum Gasteiger partial charge on any atom is -0.333 e. The Hall–Kier alpha value is -1.13. The van der Waals surface area contributed by atoms with Gasteiger partial charge in [-0.3, -0.25) is 4.79 Å². The molecule has 1 amide bonds. The van der Waals surface area contributed by atoms with Crippen molar-refractivity contribution < 1.29 is 9.18 Å². The highest BCUT2D eigenvalue weighted by Gasteiger charge is 2.25. The van der Waals surface area contributed by atoms with Gasteiger partial charge in [0, 0.05) is 25.7 Å². The summed E-state index contributed by atoms with van der Waals surface area (Å²) in [7, 11) is 0. The molecular formula is C13H18ClFN2O. The molecule has 1 aromatic carbocycles. The van der Waals surface area contributed by atoms with Gasteiger partial charge in [-0.15, -0.1) is 12.4 Å². The molecule has 1 aliphatic rings. The fourth-order valence-electron chi connectivity index (χ4n) is 2.09. The number of piperazine rings is 1.